The maximum absolute atomic E-state index is 12.9. The van der Waals surface area contributed by atoms with E-state index in [0.717, 1.165) is 12.8 Å². The number of allylic oxidation sites excluding steroid dienone is 2. The maximum atomic E-state index is 12.9. The summed E-state index contributed by atoms with van der Waals surface area (Å²) in [5.74, 6) is -0.202. The van der Waals surface area contributed by atoms with Gasteiger partial charge in [-0.15, -0.1) is 0 Å². The molecule has 4 aliphatic rings. The molecular weight excluding hydrogens is 276 g/mol. The highest BCUT2D eigenvalue weighted by Crippen LogP contribution is 2.73. The molecule has 2 saturated carbocycles. The number of hydrogen-bond acceptors (Lipinski definition) is 3. The molecule has 0 aromatic heterocycles. The first-order valence-electron chi connectivity index (χ1n) is 7.74. The summed E-state index contributed by atoms with van der Waals surface area (Å²) in [4.78, 5) is 27.1. The number of imide groups is 1. The molecule has 0 unspecified atom stereocenters. The molecule has 108 valence electrons. The Bertz CT molecular complexity index is 766. The molecule has 0 N–H and O–H groups in total. The molecular formula is C18H14N2O2. The van der Waals surface area contributed by atoms with Gasteiger partial charge in [0.2, 0.25) is 11.8 Å². The largest absolute Gasteiger partial charge is 0.274 e. The van der Waals surface area contributed by atoms with Crippen molar-refractivity contribution in [2.75, 3.05) is 4.90 Å². The summed E-state index contributed by atoms with van der Waals surface area (Å²) in [7, 11) is 0. The Morgan fingerprint density at radius 2 is 1.64 bits per heavy atom. The number of benzene rings is 1. The van der Waals surface area contributed by atoms with E-state index in [0.29, 0.717) is 11.3 Å². The Balaban J connectivity index is 1.61. The molecule has 1 aromatic carbocycles. The van der Waals surface area contributed by atoms with Gasteiger partial charge in [-0.2, -0.15) is 5.26 Å². The number of nitrogens with zero attached hydrogens (tertiary/aromatic N) is 2. The van der Waals surface area contributed by atoms with Crippen LogP contribution in [0.5, 0.6) is 0 Å². The highest BCUT2D eigenvalue weighted by molar-refractivity contribution is 6.23. The fraction of sp³-hybridized carbons (Fsp3) is 0.389. The third-order valence-corrected chi connectivity index (χ3v) is 6.12. The van der Waals surface area contributed by atoms with Crippen molar-refractivity contribution in [3.63, 3.8) is 0 Å². The van der Waals surface area contributed by atoms with Gasteiger partial charge in [-0.3, -0.25) is 9.59 Å². The molecule has 4 heteroatoms. The van der Waals surface area contributed by atoms with Gasteiger partial charge in [-0.25, -0.2) is 4.90 Å². The van der Waals surface area contributed by atoms with E-state index < -0.39 is 0 Å². The summed E-state index contributed by atoms with van der Waals surface area (Å²) < 4.78 is 0. The molecule has 0 radical (unpaired) electrons. The van der Waals surface area contributed by atoms with E-state index >= 15 is 0 Å². The van der Waals surface area contributed by atoms with E-state index in [-0.39, 0.29) is 40.9 Å². The van der Waals surface area contributed by atoms with Crippen molar-refractivity contribution in [2.24, 2.45) is 29.1 Å². The lowest BCUT2D eigenvalue weighted by atomic mass is 9.85. The minimum Gasteiger partial charge on any atom is -0.274 e. The number of fused-ring (bicyclic) bond motifs is 3. The number of para-hydroxylation sites is 1. The SMILES string of the molecule is N#Cc1ccccc1N1C(=O)[C@@H]2[C@@H](C1=O)[C@H]1C=C[C@H]2C12CC2. The van der Waals surface area contributed by atoms with E-state index in [1.807, 2.05) is 0 Å². The summed E-state index contributed by atoms with van der Waals surface area (Å²) in [6.45, 7) is 0. The van der Waals surface area contributed by atoms with Crippen LogP contribution < -0.4 is 4.90 Å². The zero-order valence-electron chi connectivity index (χ0n) is 11.9. The van der Waals surface area contributed by atoms with Crippen LogP contribution in [0.2, 0.25) is 0 Å². The van der Waals surface area contributed by atoms with Crippen molar-refractivity contribution < 1.29 is 9.59 Å². The number of nitriles is 1. The van der Waals surface area contributed by atoms with Crippen LogP contribution in [0, 0.1) is 40.4 Å². The molecule has 3 fully saturated rings. The average Bonchev–Trinajstić information content (AvgIpc) is 3.13. The van der Waals surface area contributed by atoms with Gasteiger partial charge in [-0.1, -0.05) is 24.3 Å². The van der Waals surface area contributed by atoms with Crippen LogP contribution in [0.25, 0.3) is 0 Å². The maximum Gasteiger partial charge on any atom is 0.238 e. The second-order valence-corrected chi connectivity index (χ2v) is 6.86. The summed E-state index contributed by atoms with van der Waals surface area (Å²) in [5, 5.41) is 9.25. The lowest BCUT2D eigenvalue weighted by Gasteiger charge is -2.22. The van der Waals surface area contributed by atoms with Crippen LogP contribution >= 0.6 is 0 Å². The predicted molar refractivity (Wildman–Crippen MR) is 78.4 cm³/mol. The zero-order valence-corrected chi connectivity index (χ0v) is 11.9. The van der Waals surface area contributed by atoms with Crippen LogP contribution in [0.15, 0.2) is 36.4 Å². The van der Waals surface area contributed by atoms with Crippen LogP contribution in [0.4, 0.5) is 5.69 Å². The Morgan fingerprint density at radius 3 is 2.18 bits per heavy atom. The van der Waals surface area contributed by atoms with Crippen molar-refractivity contribution in [1.29, 1.82) is 5.26 Å². The van der Waals surface area contributed by atoms with E-state index in [1.165, 1.54) is 4.90 Å². The van der Waals surface area contributed by atoms with Crippen LogP contribution in [0.3, 0.4) is 0 Å². The van der Waals surface area contributed by atoms with E-state index in [9.17, 15) is 14.9 Å². The fourth-order valence-electron chi connectivity index (χ4n) is 5.08. The van der Waals surface area contributed by atoms with Gasteiger partial charge >= 0.3 is 0 Å². The first-order chi connectivity index (χ1) is 10.7. The normalized spacial score (nSPS) is 36.0. The number of hydrogen-bond donors (Lipinski definition) is 0. The Hall–Kier alpha value is -2.41. The van der Waals surface area contributed by atoms with Crippen molar-refractivity contribution in [3.8, 4) is 6.07 Å². The van der Waals surface area contributed by atoms with E-state index in [2.05, 4.69) is 18.2 Å². The number of rotatable bonds is 1. The molecule has 4 atom stereocenters. The van der Waals surface area contributed by atoms with E-state index in [4.69, 9.17) is 0 Å². The first-order valence-corrected chi connectivity index (χ1v) is 7.74. The van der Waals surface area contributed by atoms with Gasteiger partial charge in [-0.05, 0) is 42.2 Å². The van der Waals surface area contributed by atoms with Gasteiger partial charge in [0.25, 0.3) is 0 Å². The van der Waals surface area contributed by atoms with E-state index in [1.54, 1.807) is 24.3 Å². The summed E-state index contributed by atoms with van der Waals surface area (Å²) >= 11 is 0. The molecule has 5 rings (SSSR count). The topological polar surface area (TPSA) is 61.2 Å². The zero-order chi connectivity index (χ0) is 15.1. The van der Waals surface area contributed by atoms with Crippen LogP contribution in [0.1, 0.15) is 18.4 Å². The van der Waals surface area contributed by atoms with Gasteiger partial charge in [0.05, 0.1) is 23.1 Å². The lowest BCUT2D eigenvalue weighted by Crippen LogP contribution is -2.35. The second-order valence-electron chi connectivity index (χ2n) is 6.86. The third-order valence-electron chi connectivity index (χ3n) is 6.12. The standard InChI is InChI=1S/C18H14N2O2/c19-9-10-3-1-2-4-13(10)20-16(21)14-11-5-6-12(15(14)17(20)22)18(11)7-8-18/h1-6,11-12,14-15H,7-8H2/t11-,12-,14+,15+/m1/s1. The molecule has 1 aromatic rings. The van der Waals surface area contributed by atoms with Crippen molar-refractivity contribution in [2.45, 2.75) is 12.8 Å². The highest BCUT2D eigenvalue weighted by atomic mass is 16.2. The number of carbonyl (C=O) groups is 2. The molecule has 2 bridgehead atoms. The number of carbonyl (C=O) groups excluding carboxylic acids is 2. The minimum absolute atomic E-state index is 0.110. The third kappa shape index (κ3) is 1.16. The predicted octanol–water partition coefficient (Wildman–Crippen LogP) is 2.26. The molecule has 3 aliphatic carbocycles. The Kier molecular flexibility index (Phi) is 2.03. The van der Waals surface area contributed by atoms with Crippen LogP contribution in [-0.2, 0) is 9.59 Å². The van der Waals surface area contributed by atoms with Crippen molar-refractivity contribution in [3.05, 3.63) is 42.0 Å². The molecule has 4 nitrogen and oxygen atoms in total. The molecule has 1 aliphatic heterocycles. The Morgan fingerprint density at radius 1 is 1.05 bits per heavy atom. The van der Waals surface area contributed by atoms with Crippen molar-refractivity contribution in [1.82, 2.24) is 0 Å². The molecule has 22 heavy (non-hydrogen) atoms. The smallest absolute Gasteiger partial charge is 0.238 e. The molecule has 1 saturated heterocycles. The quantitative estimate of drug-likeness (QED) is 0.589. The van der Waals surface area contributed by atoms with Gasteiger partial charge in [0, 0.05) is 0 Å². The van der Waals surface area contributed by atoms with Gasteiger partial charge < -0.3 is 0 Å². The number of amides is 2. The summed E-state index contributed by atoms with van der Waals surface area (Å²) in [6, 6.07) is 8.94. The minimum atomic E-state index is -0.211. The lowest BCUT2D eigenvalue weighted by molar-refractivity contribution is -0.123. The average molecular weight is 290 g/mol. The molecule has 1 heterocycles. The molecule has 1 spiro atoms. The fourth-order valence-corrected chi connectivity index (χ4v) is 5.08. The van der Waals surface area contributed by atoms with Gasteiger partial charge in [0.15, 0.2) is 0 Å². The monoisotopic (exact) mass is 290 g/mol. The number of anilines is 1. The van der Waals surface area contributed by atoms with Crippen molar-refractivity contribution >= 4 is 17.5 Å². The second kappa shape index (κ2) is 3.67. The highest BCUT2D eigenvalue weighted by Gasteiger charge is 2.73. The summed E-state index contributed by atoms with van der Waals surface area (Å²) in [6.07, 6.45) is 6.59. The Labute approximate surface area is 128 Å². The van der Waals surface area contributed by atoms with Gasteiger partial charge in [0.1, 0.15) is 6.07 Å². The summed E-state index contributed by atoms with van der Waals surface area (Å²) in [5.41, 5.74) is 1.03. The molecule has 2 amide bonds. The first kappa shape index (κ1) is 12.2. The van der Waals surface area contributed by atoms with Crippen LogP contribution in [-0.4, -0.2) is 11.8 Å².